The van der Waals surface area contributed by atoms with Gasteiger partial charge in [-0.3, -0.25) is 52.7 Å². The summed E-state index contributed by atoms with van der Waals surface area (Å²) < 4.78 is 10.2. The predicted octanol–water partition coefficient (Wildman–Crippen LogP) is -4.34. The van der Waals surface area contributed by atoms with Crippen LogP contribution in [0.5, 0.6) is 0 Å². The highest BCUT2D eigenvalue weighted by atomic mass is 35.5. The fraction of sp³-hybridized carbons (Fsp3) is 0.656. The molecule has 0 radical (unpaired) electrons. The number of amides is 10. The first kappa shape index (κ1) is 83.2. The van der Waals surface area contributed by atoms with E-state index in [0.29, 0.717) is 12.0 Å². The summed E-state index contributed by atoms with van der Waals surface area (Å²) in [7, 11) is 1.00. The van der Waals surface area contributed by atoms with Crippen LogP contribution in [-0.4, -0.2) is 221 Å². The molecule has 1 saturated heterocycles. The van der Waals surface area contributed by atoms with Crippen molar-refractivity contribution < 1.29 is 97.3 Å². The number of hydrogen-bond acceptors (Lipinski definition) is 22. The Kier molecular flexibility index (Phi) is 39.8. The van der Waals surface area contributed by atoms with Gasteiger partial charge in [-0.15, -0.1) is 11.6 Å². The number of aliphatic carboxylic acids is 1. The van der Waals surface area contributed by atoms with E-state index in [4.69, 9.17) is 38.3 Å². The lowest BCUT2D eigenvalue weighted by Crippen LogP contribution is -2.65. The maximum absolute atomic E-state index is 14.6. The lowest BCUT2D eigenvalue weighted by atomic mass is 10.0. The Morgan fingerprint density at radius 2 is 1.20 bits per heavy atom. The number of nitrogens with one attached hydrogen (secondary N) is 10. The van der Waals surface area contributed by atoms with Crippen molar-refractivity contribution in [3.63, 3.8) is 0 Å². The van der Waals surface area contributed by atoms with Crippen molar-refractivity contribution in [2.24, 2.45) is 17.2 Å². The summed E-state index contributed by atoms with van der Waals surface area (Å²) in [5.74, 6) is -18.2. The van der Waals surface area contributed by atoms with E-state index in [1.54, 1.807) is 30.3 Å². The van der Waals surface area contributed by atoms with Gasteiger partial charge in [0, 0.05) is 6.42 Å². The average molecular weight is 1370 g/mol. The molecule has 1 aliphatic heterocycles. The van der Waals surface area contributed by atoms with E-state index in [0.717, 1.165) is 71.5 Å². The van der Waals surface area contributed by atoms with E-state index in [2.05, 4.69) is 60.1 Å². The van der Waals surface area contributed by atoms with Gasteiger partial charge in [0.25, 0.3) is 11.8 Å². The number of cyclic esters (lactones) is 1. The van der Waals surface area contributed by atoms with Crippen LogP contribution in [0.25, 0.3) is 0 Å². The Morgan fingerprint density at radius 3 is 1.75 bits per heavy atom. The van der Waals surface area contributed by atoms with Crippen LogP contribution < -0.4 is 70.4 Å². The molecular formula is C61H98ClN13O20. The summed E-state index contributed by atoms with van der Waals surface area (Å²) in [6.07, 6.45) is -0.923. The van der Waals surface area contributed by atoms with E-state index < -0.39 is 206 Å². The summed E-state index contributed by atoms with van der Waals surface area (Å²) in [6, 6.07) is -9.65. The second kappa shape index (κ2) is 45.5. The Balaban J connectivity index is 2.87. The molecule has 21 N–H and O–H groups in total. The van der Waals surface area contributed by atoms with Crippen molar-refractivity contribution >= 4 is 88.6 Å². The smallest absolute Gasteiger partial charge is 0.331 e. The lowest BCUT2D eigenvalue weighted by Gasteiger charge is -2.30. The molecule has 13 atom stereocenters. The molecule has 0 aliphatic carbocycles. The number of carboxylic acids is 1. The zero-order valence-corrected chi connectivity index (χ0v) is 55.0. The first-order valence-electron chi connectivity index (χ1n) is 31.8. The van der Waals surface area contributed by atoms with Gasteiger partial charge in [-0.2, -0.15) is 0 Å². The summed E-state index contributed by atoms with van der Waals surface area (Å²) in [5, 5.41) is 76.9. The SMILES string of the molecule is C/C=C1/NC(=O)C([C@H](C)O)NC(=O)[C@H](CCN)NC(=O)C([C@H](O)C(=O)NC(Cc2ccccc2)C(=O)OC)NC(=O)C(CCCCN)NC(=O)[C@H](CC(=O)O)NC(=O)C(CCN)NC(=O)C(NC(=O)C[C@H](O)CCCCCCCCCCC)COC(=O)C([C@H](O)CCl)NC1=O. The number of rotatable bonds is 32. The van der Waals surface area contributed by atoms with E-state index in [1.807, 2.05) is 0 Å². The molecule has 1 aromatic carbocycles. The molecular weight excluding hydrogens is 1270 g/mol. The quantitative estimate of drug-likeness (QED) is 0.0140. The predicted molar refractivity (Wildman–Crippen MR) is 342 cm³/mol. The van der Waals surface area contributed by atoms with Gasteiger partial charge in [-0.25, -0.2) is 9.59 Å². The largest absolute Gasteiger partial charge is 0.481 e. The van der Waals surface area contributed by atoms with Gasteiger partial charge < -0.3 is 105 Å². The number of benzene rings is 1. The molecule has 534 valence electrons. The summed E-state index contributed by atoms with van der Waals surface area (Å²) in [4.78, 5) is 181. The Labute approximate surface area is 556 Å². The number of carbonyl (C=O) groups excluding carboxylic acids is 12. The Bertz CT molecular complexity index is 2710. The number of alkyl halides is 1. The van der Waals surface area contributed by atoms with Gasteiger partial charge >= 0.3 is 17.9 Å². The van der Waals surface area contributed by atoms with Gasteiger partial charge in [0.2, 0.25) is 47.3 Å². The normalized spacial score (nSPS) is 23.1. The molecule has 1 fully saturated rings. The van der Waals surface area contributed by atoms with E-state index in [9.17, 15) is 87.9 Å². The van der Waals surface area contributed by atoms with Crippen LogP contribution in [0.2, 0.25) is 0 Å². The minimum absolute atomic E-state index is 0.0197. The number of ether oxygens (including phenoxy) is 2. The van der Waals surface area contributed by atoms with Gasteiger partial charge in [0.05, 0.1) is 44.1 Å². The van der Waals surface area contributed by atoms with Crippen molar-refractivity contribution in [1.82, 2.24) is 53.2 Å². The molecule has 7 unspecified atom stereocenters. The number of esters is 2. The maximum atomic E-state index is 14.6. The third kappa shape index (κ3) is 30.6. The van der Waals surface area contributed by atoms with Crippen LogP contribution in [0.3, 0.4) is 0 Å². The summed E-state index contributed by atoms with van der Waals surface area (Å²) >= 11 is 5.94. The monoisotopic (exact) mass is 1370 g/mol. The molecule has 0 saturated carbocycles. The van der Waals surface area contributed by atoms with Crippen molar-refractivity contribution in [3.8, 4) is 0 Å². The molecule has 33 nitrogen and oxygen atoms in total. The van der Waals surface area contributed by atoms with Crippen molar-refractivity contribution in [3.05, 3.63) is 47.7 Å². The van der Waals surface area contributed by atoms with Crippen LogP contribution in [0, 0.1) is 0 Å². The number of carbonyl (C=O) groups is 13. The zero-order valence-electron chi connectivity index (χ0n) is 54.2. The van der Waals surface area contributed by atoms with Crippen LogP contribution in [0.15, 0.2) is 42.1 Å². The number of carboxylic acid groups (broad SMARTS) is 1. The van der Waals surface area contributed by atoms with Crippen LogP contribution >= 0.6 is 11.6 Å². The minimum Gasteiger partial charge on any atom is -0.481 e. The highest BCUT2D eigenvalue weighted by molar-refractivity contribution is 6.18. The van der Waals surface area contributed by atoms with Gasteiger partial charge in [0.1, 0.15) is 60.6 Å². The standard InChI is InChI=1S/C61H98ClN13O20/c1-5-7-8-9-10-11-12-13-17-22-36(77)30-45(79)66-43-33-95-61(93)48(44(78)32-62)74-51(83)37(6-2)67-57(89)47(34(3)76)73-54(86)40(25-28-65)70-58(90)49(50(82)59(91)72-42(60(92)94-4)29-35-20-15-14-16-21-35)75-53(85)38(23-18-19-26-63)68-55(87)41(31-46(80)81)71-52(84)39(24-27-64)69-56(43)88/h6,14-16,20-21,34,36,38-44,47-50,76-78,82H,5,7-13,17-19,22-33,63-65H2,1-4H3,(H,66,79)(H,67,89)(H,68,87)(H,69,88)(H,70,90)(H,71,84)(H,72,91)(H,73,86)(H,74,83)(H,75,85)(H,80,81)/b37-6+/t34-,36+,38?,39?,40-,41-,42?,43?,44+,47?,48?,49?,50-/m0/s1. The molecule has 1 heterocycles. The molecule has 0 spiro atoms. The second-order valence-electron chi connectivity index (χ2n) is 22.8. The number of aliphatic hydroxyl groups is 4. The fourth-order valence-corrected chi connectivity index (χ4v) is 9.86. The van der Waals surface area contributed by atoms with Crippen molar-refractivity contribution in [2.45, 2.75) is 215 Å². The third-order valence-corrected chi connectivity index (χ3v) is 15.4. The molecule has 95 heavy (non-hydrogen) atoms. The minimum atomic E-state index is -2.69. The number of nitrogens with two attached hydrogens (primary N) is 3. The molecule has 1 aliphatic rings. The highest BCUT2D eigenvalue weighted by Gasteiger charge is 2.41. The Hall–Kier alpha value is -7.92. The number of hydrogen-bond donors (Lipinski definition) is 18. The van der Waals surface area contributed by atoms with Crippen molar-refractivity contribution in [1.29, 1.82) is 0 Å². The highest BCUT2D eigenvalue weighted by Crippen LogP contribution is 2.15. The van der Waals surface area contributed by atoms with Crippen LogP contribution in [-0.2, 0) is 78.2 Å². The molecule has 1 aromatic rings. The van der Waals surface area contributed by atoms with E-state index >= 15 is 0 Å². The molecule has 2 rings (SSSR count). The Morgan fingerprint density at radius 1 is 0.663 bits per heavy atom. The molecule has 0 aromatic heterocycles. The first-order chi connectivity index (χ1) is 45.2. The number of allylic oxidation sites excluding steroid dienone is 1. The fourth-order valence-electron chi connectivity index (χ4n) is 9.68. The van der Waals surface area contributed by atoms with E-state index in [-0.39, 0.29) is 45.2 Å². The molecule has 0 bridgehead atoms. The topological polar surface area (TPSA) is 540 Å². The zero-order chi connectivity index (χ0) is 71.2. The number of unbranched alkanes of at least 4 members (excludes halogenated alkanes) is 9. The van der Waals surface area contributed by atoms with Crippen LogP contribution in [0.4, 0.5) is 0 Å². The van der Waals surface area contributed by atoms with E-state index in [1.165, 1.54) is 6.92 Å². The second-order valence-corrected chi connectivity index (χ2v) is 23.1. The summed E-state index contributed by atoms with van der Waals surface area (Å²) in [5.41, 5.74) is 17.2. The van der Waals surface area contributed by atoms with Gasteiger partial charge in [-0.05, 0) is 77.6 Å². The maximum Gasteiger partial charge on any atom is 0.331 e. The number of aliphatic hydroxyl groups excluding tert-OH is 4. The number of methoxy groups -OCH3 is 1. The number of halogens is 1. The third-order valence-electron chi connectivity index (χ3n) is 15.1. The van der Waals surface area contributed by atoms with Gasteiger partial charge in [-0.1, -0.05) is 101 Å². The summed E-state index contributed by atoms with van der Waals surface area (Å²) in [6.45, 7) is 2.51. The average Bonchev–Trinajstić information content (AvgIpc) is 0.913. The molecule has 10 amide bonds. The molecule has 34 heteroatoms. The van der Waals surface area contributed by atoms with Crippen LogP contribution in [0.1, 0.15) is 135 Å². The first-order valence-corrected chi connectivity index (χ1v) is 32.3. The van der Waals surface area contributed by atoms with Crippen molar-refractivity contribution in [2.75, 3.05) is 39.2 Å². The van der Waals surface area contributed by atoms with Gasteiger partial charge in [0.15, 0.2) is 12.1 Å². The lowest BCUT2D eigenvalue weighted by molar-refractivity contribution is -0.153.